The van der Waals surface area contributed by atoms with E-state index in [9.17, 15) is 4.79 Å². The molecule has 4 rings (SSSR count). The predicted molar refractivity (Wildman–Crippen MR) is 103 cm³/mol. The molecule has 0 saturated carbocycles. The lowest BCUT2D eigenvalue weighted by Crippen LogP contribution is -2.23. The summed E-state index contributed by atoms with van der Waals surface area (Å²) in [4.78, 5) is 17.5. The number of hydrogen-bond acceptors (Lipinski definition) is 4. The third-order valence-electron chi connectivity index (χ3n) is 3.59. The fourth-order valence-electron chi connectivity index (χ4n) is 2.36. The van der Waals surface area contributed by atoms with Crippen molar-refractivity contribution in [2.75, 3.05) is 0 Å². The molecular weight excluding hydrogens is 354 g/mol. The van der Waals surface area contributed by atoms with E-state index in [1.54, 1.807) is 18.2 Å². The van der Waals surface area contributed by atoms with Gasteiger partial charge in [0, 0.05) is 5.02 Å². The van der Waals surface area contributed by atoms with Gasteiger partial charge in [-0.3, -0.25) is 4.79 Å². The van der Waals surface area contributed by atoms with Gasteiger partial charge in [-0.2, -0.15) is 9.50 Å². The standard InChI is InChI=1S/C19H12ClN3OS/c20-15-9-6-14(7-10-15)12-16-18(24)23-19(25-16)21-17(22-23)11-8-13-4-2-1-3-5-13/h1-12H. The monoisotopic (exact) mass is 365 g/mol. The van der Waals surface area contributed by atoms with E-state index >= 15 is 0 Å². The van der Waals surface area contributed by atoms with Gasteiger partial charge < -0.3 is 0 Å². The molecule has 0 unspecified atom stereocenters. The fraction of sp³-hybridized carbons (Fsp3) is 0. The normalized spacial score (nSPS) is 12.4. The van der Waals surface area contributed by atoms with Crippen LogP contribution in [0, 0.1) is 0 Å². The first-order valence-corrected chi connectivity index (χ1v) is 8.78. The molecule has 0 radical (unpaired) electrons. The Morgan fingerprint density at radius 3 is 2.44 bits per heavy atom. The van der Waals surface area contributed by atoms with E-state index in [-0.39, 0.29) is 5.56 Å². The highest BCUT2D eigenvalue weighted by molar-refractivity contribution is 7.15. The Labute approximate surface area is 152 Å². The largest absolute Gasteiger partial charge is 0.291 e. The molecule has 0 bridgehead atoms. The van der Waals surface area contributed by atoms with Crippen LogP contribution in [-0.2, 0) is 0 Å². The lowest BCUT2D eigenvalue weighted by molar-refractivity contribution is 0.925. The second-order valence-electron chi connectivity index (χ2n) is 5.38. The first kappa shape index (κ1) is 15.7. The summed E-state index contributed by atoms with van der Waals surface area (Å²) in [5.74, 6) is 0.519. The molecule has 0 saturated heterocycles. The highest BCUT2D eigenvalue weighted by Crippen LogP contribution is 2.11. The van der Waals surface area contributed by atoms with Crippen LogP contribution >= 0.6 is 22.9 Å². The molecule has 0 aliphatic heterocycles. The molecule has 0 amide bonds. The Kier molecular flexibility index (Phi) is 4.17. The number of hydrogen-bond donors (Lipinski definition) is 0. The van der Waals surface area contributed by atoms with Crippen LogP contribution in [0.25, 0.3) is 23.2 Å². The summed E-state index contributed by atoms with van der Waals surface area (Å²) in [6.07, 6.45) is 5.54. The van der Waals surface area contributed by atoms with Gasteiger partial charge in [0.25, 0.3) is 5.56 Å². The predicted octanol–water partition coefficient (Wildman–Crippen LogP) is 3.52. The van der Waals surface area contributed by atoms with Crippen molar-refractivity contribution >= 4 is 46.1 Å². The van der Waals surface area contributed by atoms with E-state index in [0.717, 1.165) is 11.1 Å². The zero-order valence-corrected chi connectivity index (χ0v) is 14.5. The SMILES string of the molecule is O=c1c(=Cc2ccc(Cl)cc2)sc2nc(C=Cc3ccccc3)nn12. The van der Waals surface area contributed by atoms with E-state index in [1.807, 2.05) is 54.6 Å². The van der Waals surface area contributed by atoms with E-state index < -0.39 is 0 Å². The molecule has 0 aliphatic rings. The molecule has 2 heterocycles. The fourth-order valence-corrected chi connectivity index (χ4v) is 3.41. The Bertz CT molecular complexity index is 1160. The maximum absolute atomic E-state index is 12.5. The van der Waals surface area contributed by atoms with Crippen LogP contribution in [0.2, 0.25) is 5.02 Å². The Morgan fingerprint density at radius 1 is 0.960 bits per heavy atom. The summed E-state index contributed by atoms with van der Waals surface area (Å²) < 4.78 is 1.94. The van der Waals surface area contributed by atoms with Gasteiger partial charge in [0.1, 0.15) is 0 Å². The first-order chi connectivity index (χ1) is 12.2. The van der Waals surface area contributed by atoms with Crippen molar-refractivity contribution in [3.05, 3.63) is 91.5 Å². The Hall–Kier alpha value is -2.76. The van der Waals surface area contributed by atoms with Gasteiger partial charge in [-0.25, -0.2) is 0 Å². The molecular formula is C19H12ClN3OS. The number of nitrogens with zero attached hydrogens (tertiary/aromatic N) is 3. The van der Waals surface area contributed by atoms with E-state index in [4.69, 9.17) is 11.6 Å². The van der Waals surface area contributed by atoms with E-state index in [1.165, 1.54) is 15.9 Å². The quantitative estimate of drug-likeness (QED) is 0.558. The number of benzene rings is 2. The molecule has 4 aromatic rings. The molecule has 25 heavy (non-hydrogen) atoms. The number of fused-ring (bicyclic) bond motifs is 1. The molecule has 0 fully saturated rings. The third-order valence-corrected chi connectivity index (χ3v) is 4.80. The third kappa shape index (κ3) is 3.38. The summed E-state index contributed by atoms with van der Waals surface area (Å²) >= 11 is 7.20. The molecule has 122 valence electrons. The van der Waals surface area contributed by atoms with Crippen molar-refractivity contribution in [1.29, 1.82) is 0 Å². The molecule has 2 aromatic carbocycles. The van der Waals surface area contributed by atoms with Gasteiger partial charge in [0.2, 0.25) is 4.96 Å². The summed E-state index contributed by atoms with van der Waals surface area (Å²) in [5, 5.41) is 4.94. The number of halogens is 1. The summed E-state index contributed by atoms with van der Waals surface area (Å²) in [7, 11) is 0. The second kappa shape index (κ2) is 6.63. The average Bonchev–Trinajstić information content (AvgIpc) is 3.15. The van der Waals surface area contributed by atoms with Crippen LogP contribution in [0.1, 0.15) is 17.0 Å². The zero-order chi connectivity index (χ0) is 17.2. The van der Waals surface area contributed by atoms with Gasteiger partial charge in [-0.1, -0.05) is 71.5 Å². The molecule has 0 atom stereocenters. The van der Waals surface area contributed by atoms with E-state index in [0.29, 0.717) is 20.3 Å². The van der Waals surface area contributed by atoms with Gasteiger partial charge in [0.15, 0.2) is 5.82 Å². The minimum atomic E-state index is -0.165. The molecule has 0 N–H and O–H groups in total. The second-order valence-corrected chi connectivity index (χ2v) is 6.82. The maximum Gasteiger partial charge on any atom is 0.291 e. The minimum Gasteiger partial charge on any atom is -0.266 e. The molecule has 2 aromatic heterocycles. The lowest BCUT2D eigenvalue weighted by Gasteiger charge is -1.91. The van der Waals surface area contributed by atoms with Crippen LogP contribution in [0.15, 0.2) is 59.4 Å². The van der Waals surface area contributed by atoms with Crippen LogP contribution in [0.3, 0.4) is 0 Å². The van der Waals surface area contributed by atoms with Crippen molar-refractivity contribution in [2.24, 2.45) is 0 Å². The Morgan fingerprint density at radius 2 is 1.72 bits per heavy atom. The highest BCUT2D eigenvalue weighted by Gasteiger charge is 2.08. The summed E-state index contributed by atoms with van der Waals surface area (Å²) in [5.41, 5.74) is 1.80. The van der Waals surface area contributed by atoms with Crippen molar-refractivity contribution in [2.45, 2.75) is 0 Å². The average molecular weight is 366 g/mol. The van der Waals surface area contributed by atoms with Crippen molar-refractivity contribution < 1.29 is 0 Å². The summed E-state index contributed by atoms with van der Waals surface area (Å²) in [6, 6.07) is 17.2. The van der Waals surface area contributed by atoms with Crippen LogP contribution < -0.4 is 10.1 Å². The van der Waals surface area contributed by atoms with Gasteiger partial charge in [-0.15, -0.1) is 5.10 Å². The number of rotatable bonds is 3. The molecule has 0 aliphatic carbocycles. The number of thiazole rings is 1. The van der Waals surface area contributed by atoms with Crippen molar-refractivity contribution in [3.8, 4) is 0 Å². The van der Waals surface area contributed by atoms with Crippen molar-refractivity contribution in [1.82, 2.24) is 14.6 Å². The minimum absolute atomic E-state index is 0.165. The van der Waals surface area contributed by atoms with Crippen LogP contribution in [0.5, 0.6) is 0 Å². The summed E-state index contributed by atoms with van der Waals surface area (Å²) in [6.45, 7) is 0. The van der Waals surface area contributed by atoms with Crippen molar-refractivity contribution in [3.63, 3.8) is 0 Å². The molecule has 6 heteroatoms. The van der Waals surface area contributed by atoms with Gasteiger partial charge >= 0.3 is 0 Å². The number of aromatic nitrogens is 3. The topological polar surface area (TPSA) is 47.3 Å². The maximum atomic E-state index is 12.5. The highest BCUT2D eigenvalue weighted by atomic mass is 35.5. The Balaban J connectivity index is 1.68. The lowest BCUT2D eigenvalue weighted by atomic mass is 10.2. The smallest absolute Gasteiger partial charge is 0.266 e. The first-order valence-electron chi connectivity index (χ1n) is 7.59. The van der Waals surface area contributed by atoms with Crippen LogP contribution in [-0.4, -0.2) is 14.6 Å². The molecule has 4 nitrogen and oxygen atoms in total. The molecule has 0 spiro atoms. The van der Waals surface area contributed by atoms with Gasteiger partial charge in [-0.05, 0) is 35.4 Å². The van der Waals surface area contributed by atoms with Gasteiger partial charge in [0.05, 0.1) is 4.53 Å². The zero-order valence-electron chi connectivity index (χ0n) is 13.0. The van der Waals surface area contributed by atoms with Crippen LogP contribution in [0.4, 0.5) is 0 Å². The van der Waals surface area contributed by atoms with E-state index in [2.05, 4.69) is 10.1 Å².